The molecule has 0 aromatic heterocycles. The van der Waals surface area contributed by atoms with Gasteiger partial charge >= 0.3 is 0 Å². The van der Waals surface area contributed by atoms with Crippen LogP contribution in [-0.4, -0.2) is 44.3 Å². The Morgan fingerprint density at radius 1 is 0.745 bits per heavy atom. The predicted molar refractivity (Wildman–Crippen MR) is 203 cm³/mol. The highest BCUT2D eigenvalue weighted by Crippen LogP contribution is 2.30. The van der Waals surface area contributed by atoms with Gasteiger partial charge in [0.2, 0.25) is 11.8 Å². The molecule has 0 spiro atoms. The van der Waals surface area contributed by atoms with E-state index >= 15 is 0 Å². The number of nitrogens with zero attached hydrogens (tertiary/aromatic N) is 2. The third-order valence-electron chi connectivity index (χ3n) is 8.20. The Hall–Kier alpha value is -4.83. The Labute approximate surface area is 309 Å². The summed E-state index contributed by atoms with van der Waals surface area (Å²) in [5, 5.41) is 3.60. The average Bonchev–Trinajstić information content (AvgIpc) is 3.14. The van der Waals surface area contributed by atoms with Crippen LogP contribution in [0, 0.1) is 0 Å². The zero-order chi connectivity index (χ0) is 36.2. The minimum Gasteiger partial charge on any atom is -0.457 e. The van der Waals surface area contributed by atoms with Crippen LogP contribution in [-0.2, 0) is 32.6 Å². The van der Waals surface area contributed by atoms with Crippen LogP contribution < -0.4 is 14.4 Å². The van der Waals surface area contributed by atoms with Gasteiger partial charge in [-0.2, -0.15) is 0 Å². The molecule has 0 unspecified atom stereocenters. The van der Waals surface area contributed by atoms with E-state index in [1.807, 2.05) is 67.6 Å². The molecule has 0 aliphatic rings. The largest absolute Gasteiger partial charge is 0.457 e. The van der Waals surface area contributed by atoms with E-state index in [4.69, 9.17) is 27.9 Å². The van der Waals surface area contributed by atoms with Crippen molar-refractivity contribution in [3.05, 3.63) is 155 Å². The molecule has 264 valence electrons. The van der Waals surface area contributed by atoms with Gasteiger partial charge < -0.3 is 15.0 Å². The molecule has 0 saturated heterocycles. The fourth-order valence-corrected chi connectivity index (χ4v) is 7.42. The van der Waals surface area contributed by atoms with Crippen molar-refractivity contribution in [1.29, 1.82) is 0 Å². The van der Waals surface area contributed by atoms with Crippen molar-refractivity contribution >= 4 is 50.7 Å². The van der Waals surface area contributed by atoms with Crippen LogP contribution in [0.4, 0.5) is 5.69 Å². The standard InChI is InChI=1S/C40H39Cl2N3O5S/c1-2-3-26-43-40(47)38(27-30-14-7-4-8-15-30)44(28-35-36(41)20-13-21-37(35)42)39(46)29-45(51(48,49)34-18-11-6-12-19-34)31-22-24-33(25-23-31)50-32-16-9-5-10-17-32/h4-25,38H,2-3,26-29H2,1H3,(H,43,47)/t38-/m0/s1. The molecule has 11 heteroatoms. The number of sulfonamides is 1. The van der Waals surface area contributed by atoms with E-state index in [0.29, 0.717) is 33.7 Å². The van der Waals surface area contributed by atoms with Crippen molar-refractivity contribution < 1.29 is 22.7 Å². The molecule has 0 radical (unpaired) electrons. The lowest BCUT2D eigenvalue weighted by atomic mass is 10.0. The van der Waals surface area contributed by atoms with Gasteiger partial charge in [0.05, 0.1) is 10.6 Å². The summed E-state index contributed by atoms with van der Waals surface area (Å²) in [5.41, 5.74) is 1.49. The second-order valence-corrected chi connectivity index (χ2v) is 14.5. The zero-order valence-corrected chi connectivity index (χ0v) is 30.4. The van der Waals surface area contributed by atoms with Crippen molar-refractivity contribution in [3.8, 4) is 11.5 Å². The topological polar surface area (TPSA) is 96.0 Å². The Kier molecular flexibility index (Phi) is 13.1. The molecular weight excluding hydrogens is 705 g/mol. The van der Waals surface area contributed by atoms with Crippen molar-refractivity contribution in [2.24, 2.45) is 0 Å². The average molecular weight is 745 g/mol. The van der Waals surface area contributed by atoms with Gasteiger partial charge in [0.15, 0.2) is 0 Å². The second kappa shape index (κ2) is 17.9. The number of carbonyl (C=O) groups is 2. The molecule has 0 saturated carbocycles. The van der Waals surface area contributed by atoms with E-state index in [0.717, 1.165) is 22.7 Å². The summed E-state index contributed by atoms with van der Waals surface area (Å²) in [5.74, 6) is 0.102. The predicted octanol–water partition coefficient (Wildman–Crippen LogP) is 8.54. The molecule has 5 aromatic carbocycles. The number of amides is 2. The summed E-state index contributed by atoms with van der Waals surface area (Å²) >= 11 is 13.2. The molecule has 2 amide bonds. The lowest BCUT2D eigenvalue weighted by Crippen LogP contribution is -2.53. The first-order valence-electron chi connectivity index (χ1n) is 16.6. The molecule has 0 aliphatic carbocycles. The number of nitrogens with one attached hydrogen (secondary N) is 1. The van der Waals surface area contributed by atoms with Crippen LogP contribution in [0.5, 0.6) is 11.5 Å². The van der Waals surface area contributed by atoms with Crippen molar-refractivity contribution in [2.45, 2.75) is 43.7 Å². The van der Waals surface area contributed by atoms with Gasteiger partial charge in [-0.05, 0) is 72.6 Å². The summed E-state index contributed by atoms with van der Waals surface area (Å²) < 4.78 is 35.6. The Bertz CT molecular complexity index is 1980. The number of carbonyl (C=O) groups excluding carboxylic acids is 2. The number of halogens is 2. The minimum atomic E-state index is -4.27. The SMILES string of the molecule is CCCCNC(=O)[C@H](Cc1ccccc1)N(Cc1c(Cl)cccc1Cl)C(=O)CN(c1ccc(Oc2ccccc2)cc1)S(=O)(=O)c1ccccc1. The summed E-state index contributed by atoms with van der Waals surface area (Å²) in [6.45, 7) is 1.68. The van der Waals surface area contributed by atoms with E-state index in [-0.39, 0.29) is 29.5 Å². The van der Waals surface area contributed by atoms with E-state index in [2.05, 4.69) is 5.32 Å². The van der Waals surface area contributed by atoms with Crippen LogP contribution in [0.25, 0.3) is 0 Å². The molecule has 1 N–H and O–H groups in total. The molecule has 0 aliphatic heterocycles. The quantitative estimate of drug-likeness (QED) is 0.102. The van der Waals surface area contributed by atoms with Gasteiger partial charge in [-0.3, -0.25) is 13.9 Å². The van der Waals surface area contributed by atoms with Crippen LogP contribution in [0.1, 0.15) is 30.9 Å². The third-order valence-corrected chi connectivity index (χ3v) is 10.7. The fraction of sp³-hybridized carbons (Fsp3) is 0.200. The number of unbranched alkanes of at least 4 members (excludes halogenated alkanes) is 1. The van der Waals surface area contributed by atoms with Gasteiger partial charge in [-0.1, -0.05) is 109 Å². The van der Waals surface area contributed by atoms with Crippen LogP contribution in [0.15, 0.2) is 138 Å². The van der Waals surface area contributed by atoms with Gasteiger partial charge in [0.1, 0.15) is 24.1 Å². The number of hydrogen-bond donors (Lipinski definition) is 1. The van der Waals surface area contributed by atoms with Gasteiger partial charge in [0.25, 0.3) is 10.0 Å². The van der Waals surface area contributed by atoms with Crippen molar-refractivity contribution in [3.63, 3.8) is 0 Å². The number of rotatable bonds is 16. The van der Waals surface area contributed by atoms with E-state index in [1.54, 1.807) is 60.7 Å². The minimum absolute atomic E-state index is 0.00116. The molecule has 1 atom stereocenters. The highest BCUT2D eigenvalue weighted by Gasteiger charge is 2.35. The van der Waals surface area contributed by atoms with Crippen molar-refractivity contribution in [2.75, 3.05) is 17.4 Å². The first kappa shape index (κ1) is 37.4. The summed E-state index contributed by atoms with van der Waals surface area (Å²) in [6.07, 6.45) is 1.79. The molecule has 0 bridgehead atoms. The number of benzene rings is 5. The molecule has 8 nitrogen and oxygen atoms in total. The second-order valence-electron chi connectivity index (χ2n) is 11.8. The van der Waals surface area contributed by atoms with Gasteiger partial charge in [-0.25, -0.2) is 8.42 Å². The smallest absolute Gasteiger partial charge is 0.264 e. The fourth-order valence-electron chi connectivity index (χ4n) is 5.47. The lowest BCUT2D eigenvalue weighted by molar-refractivity contribution is -0.140. The van der Waals surface area contributed by atoms with Crippen LogP contribution >= 0.6 is 23.2 Å². The first-order valence-corrected chi connectivity index (χ1v) is 18.8. The molecule has 0 fully saturated rings. The molecular formula is C40H39Cl2N3O5S. The monoisotopic (exact) mass is 743 g/mol. The highest BCUT2D eigenvalue weighted by atomic mass is 35.5. The Morgan fingerprint density at radius 3 is 1.92 bits per heavy atom. The van der Waals surface area contributed by atoms with Crippen molar-refractivity contribution in [1.82, 2.24) is 10.2 Å². The molecule has 5 rings (SSSR count). The molecule has 51 heavy (non-hydrogen) atoms. The number of anilines is 1. The number of para-hydroxylation sites is 1. The summed E-state index contributed by atoms with van der Waals surface area (Å²) in [4.78, 5) is 30.1. The van der Waals surface area contributed by atoms with Gasteiger partial charge in [-0.15, -0.1) is 0 Å². The summed E-state index contributed by atoms with van der Waals surface area (Å²) in [7, 11) is -4.27. The molecule has 5 aromatic rings. The Morgan fingerprint density at radius 2 is 1.31 bits per heavy atom. The van der Waals surface area contributed by atoms with Crippen LogP contribution in [0.2, 0.25) is 10.0 Å². The Balaban J connectivity index is 1.56. The van der Waals surface area contributed by atoms with E-state index in [1.165, 1.54) is 17.0 Å². The summed E-state index contributed by atoms with van der Waals surface area (Å²) in [6, 6.07) is 36.9. The van der Waals surface area contributed by atoms with Crippen LogP contribution in [0.3, 0.4) is 0 Å². The normalized spacial score (nSPS) is 11.7. The maximum atomic E-state index is 14.7. The van der Waals surface area contributed by atoms with Gasteiger partial charge in [0, 0.05) is 35.1 Å². The first-order chi connectivity index (χ1) is 24.7. The maximum absolute atomic E-state index is 14.7. The van der Waals surface area contributed by atoms with E-state index < -0.39 is 28.5 Å². The lowest BCUT2D eigenvalue weighted by Gasteiger charge is -2.34. The maximum Gasteiger partial charge on any atom is 0.264 e. The number of ether oxygens (including phenoxy) is 1. The third kappa shape index (κ3) is 9.91. The van der Waals surface area contributed by atoms with E-state index in [9.17, 15) is 18.0 Å². The zero-order valence-electron chi connectivity index (χ0n) is 28.1. The highest BCUT2D eigenvalue weighted by molar-refractivity contribution is 7.92. The molecule has 0 heterocycles. The number of hydrogen-bond acceptors (Lipinski definition) is 5.